The Bertz CT molecular complexity index is 1060. The summed E-state index contributed by atoms with van der Waals surface area (Å²) >= 11 is 0. The van der Waals surface area contributed by atoms with Crippen LogP contribution in [0, 0.1) is 6.92 Å². The molecule has 1 N–H and O–H groups in total. The number of carbonyl (C=O) groups excluding carboxylic acids is 1. The van der Waals surface area contributed by atoms with Gasteiger partial charge >= 0.3 is 0 Å². The van der Waals surface area contributed by atoms with Crippen LogP contribution < -0.4 is 14.9 Å². The molecule has 0 atom stereocenters. The van der Waals surface area contributed by atoms with E-state index in [0.717, 1.165) is 39.0 Å². The molecule has 0 aliphatic carbocycles. The number of aryl methyl sites for hydroxylation is 1. The lowest BCUT2D eigenvalue weighted by Gasteiger charge is -2.14. The van der Waals surface area contributed by atoms with Crippen molar-refractivity contribution < 1.29 is 14.3 Å². The van der Waals surface area contributed by atoms with Crippen LogP contribution in [0.1, 0.15) is 43.4 Å². The van der Waals surface area contributed by atoms with Crippen LogP contribution in [0.3, 0.4) is 0 Å². The van der Waals surface area contributed by atoms with Crippen molar-refractivity contribution in [3.63, 3.8) is 0 Å². The molecule has 0 heterocycles. The van der Waals surface area contributed by atoms with Gasteiger partial charge in [-0.15, -0.1) is 0 Å². The fourth-order valence-electron chi connectivity index (χ4n) is 3.28. The molecule has 0 bridgehead atoms. The summed E-state index contributed by atoms with van der Waals surface area (Å²) in [6.07, 6.45) is 1.62. The number of nitrogens with one attached hydrogen (secondary N) is 1. The van der Waals surface area contributed by atoms with E-state index in [1.807, 2.05) is 68.4 Å². The van der Waals surface area contributed by atoms with Crippen molar-refractivity contribution in [3.8, 4) is 11.5 Å². The zero-order valence-corrected chi connectivity index (χ0v) is 17.9. The molecule has 0 aromatic heterocycles. The Hall–Kier alpha value is -3.34. The van der Waals surface area contributed by atoms with E-state index in [1.165, 1.54) is 0 Å². The third kappa shape index (κ3) is 5.17. The molecule has 5 nitrogen and oxygen atoms in total. The lowest BCUT2D eigenvalue weighted by Crippen LogP contribution is -2.25. The molecule has 0 aliphatic rings. The summed E-state index contributed by atoms with van der Waals surface area (Å²) < 4.78 is 11.5. The standard InChI is InChI=1S/C25H28N2O3/c1-5-29-23-13-11-19-8-6-7-9-21(19)22(23)15-26-27-25(28)16-30-24-14-18(4)10-12-20(24)17(2)3/h6-15,17H,5,16H2,1-4H3,(H,27,28)/b26-15-. The fourth-order valence-corrected chi connectivity index (χ4v) is 3.28. The van der Waals surface area contributed by atoms with E-state index in [1.54, 1.807) is 6.21 Å². The smallest absolute Gasteiger partial charge is 0.277 e. The number of fused-ring (bicyclic) bond motifs is 1. The highest BCUT2D eigenvalue weighted by Crippen LogP contribution is 2.28. The van der Waals surface area contributed by atoms with E-state index in [9.17, 15) is 4.79 Å². The van der Waals surface area contributed by atoms with Gasteiger partial charge in [-0.1, -0.05) is 56.3 Å². The fraction of sp³-hybridized carbons (Fsp3) is 0.280. The Morgan fingerprint density at radius 3 is 2.63 bits per heavy atom. The Kier molecular flexibility index (Phi) is 7.07. The minimum absolute atomic E-state index is 0.103. The van der Waals surface area contributed by atoms with Crippen LogP contribution >= 0.6 is 0 Å². The normalized spacial score (nSPS) is 11.2. The van der Waals surface area contributed by atoms with Crippen LogP contribution in [0.25, 0.3) is 10.8 Å². The van der Waals surface area contributed by atoms with Crippen molar-refractivity contribution >= 4 is 22.9 Å². The third-order valence-electron chi connectivity index (χ3n) is 4.76. The molecule has 3 aromatic carbocycles. The van der Waals surface area contributed by atoms with E-state index in [-0.39, 0.29) is 12.5 Å². The van der Waals surface area contributed by atoms with Crippen LogP contribution in [-0.4, -0.2) is 25.3 Å². The van der Waals surface area contributed by atoms with Crippen LogP contribution in [0.4, 0.5) is 0 Å². The van der Waals surface area contributed by atoms with Gasteiger partial charge in [0.15, 0.2) is 6.61 Å². The van der Waals surface area contributed by atoms with Crippen molar-refractivity contribution in [1.82, 2.24) is 5.43 Å². The molecule has 0 unspecified atom stereocenters. The maximum Gasteiger partial charge on any atom is 0.277 e. The predicted molar refractivity (Wildman–Crippen MR) is 122 cm³/mol. The van der Waals surface area contributed by atoms with Crippen LogP contribution in [0.15, 0.2) is 59.7 Å². The summed E-state index contributed by atoms with van der Waals surface area (Å²) in [7, 11) is 0. The lowest BCUT2D eigenvalue weighted by molar-refractivity contribution is -0.123. The number of benzene rings is 3. The topological polar surface area (TPSA) is 59.9 Å². The largest absolute Gasteiger partial charge is 0.493 e. The summed E-state index contributed by atoms with van der Waals surface area (Å²) in [5, 5.41) is 6.23. The third-order valence-corrected chi connectivity index (χ3v) is 4.76. The van der Waals surface area contributed by atoms with Crippen molar-refractivity contribution in [2.75, 3.05) is 13.2 Å². The van der Waals surface area contributed by atoms with Gasteiger partial charge in [-0.3, -0.25) is 4.79 Å². The maximum atomic E-state index is 12.3. The van der Waals surface area contributed by atoms with Gasteiger partial charge in [0.25, 0.3) is 5.91 Å². The first-order valence-corrected chi connectivity index (χ1v) is 10.2. The molecule has 0 saturated carbocycles. The summed E-state index contributed by atoms with van der Waals surface area (Å²) in [5.74, 6) is 1.45. The Labute approximate surface area is 177 Å². The van der Waals surface area contributed by atoms with Crippen molar-refractivity contribution in [1.29, 1.82) is 0 Å². The summed E-state index contributed by atoms with van der Waals surface area (Å²) in [6.45, 7) is 8.58. The number of hydrogen-bond acceptors (Lipinski definition) is 4. The number of ether oxygens (including phenoxy) is 2. The highest BCUT2D eigenvalue weighted by atomic mass is 16.5. The number of carbonyl (C=O) groups is 1. The molecule has 5 heteroatoms. The monoisotopic (exact) mass is 404 g/mol. The molecule has 3 rings (SSSR count). The average molecular weight is 405 g/mol. The summed E-state index contributed by atoms with van der Waals surface area (Å²) in [4.78, 5) is 12.3. The van der Waals surface area contributed by atoms with Crippen LogP contribution in [-0.2, 0) is 4.79 Å². The van der Waals surface area contributed by atoms with Crippen LogP contribution in [0.2, 0.25) is 0 Å². The molecule has 1 amide bonds. The van der Waals surface area contributed by atoms with E-state index in [0.29, 0.717) is 12.5 Å². The molecule has 156 valence electrons. The van der Waals surface area contributed by atoms with E-state index < -0.39 is 0 Å². The number of rotatable bonds is 8. The van der Waals surface area contributed by atoms with Gasteiger partial charge in [-0.05, 0) is 53.8 Å². The zero-order valence-electron chi connectivity index (χ0n) is 17.9. The van der Waals surface area contributed by atoms with Gasteiger partial charge < -0.3 is 9.47 Å². The van der Waals surface area contributed by atoms with Gasteiger partial charge in [-0.2, -0.15) is 5.10 Å². The molecular weight excluding hydrogens is 376 g/mol. The SMILES string of the molecule is CCOc1ccc2ccccc2c1/C=N\NC(=O)COc1cc(C)ccc1C(C)C. The van der Waals surface area contributed by atoms with E-state index in [4.69, 9.17) is 9.47 Å². The Morgan fingerprint density at radius 1 is 1.07 bits per heavy atom. The van der Waals surface area contributed by atoms with Crippen molar-refractivity contribution in [2.24, 2.45) is 5.10 Å². The maximum absolute atomic E-state index is 12.3. The van der Waals surface area contributed by atoms with Crippen molar-refractivity contribution in [2.45, 2.75) is 33.6 Å². The van der Waals surface area contributed by atoms with Gasteiger partial charge in [0, 0.05) is 5.56 Å². The van der Waals surface area contributed by atoms with Gasteiger partial charge in [0.05, 0.1) is 12.8 Å². The molecule has 0 saturated heterocycles. The minimum atomic E-state index is -0.319. The van der Waals surface area contributed by atoms with Crippen LogP contribution in [0.5, 0.6) is 11.5 Å². The predicted octanol–water partition coefficient (Wildman–Crippen LogP) is 5.20. The first-order valence-electron chi connectivity index (χ1n) is 10.2. The zero-order chi connectivity index (χ0) is 21.5. The summed E-state index contributed by atoms with van der Waals surface area (Å²) in [6, 6.07) is 18.0. The van der Waals surface area contributed by atoms with E-state index >= 15 is 0 Å². The molecule has 30 heavy (non-hydrogen) atoms. The quantitative estimate of drug-likeness (QED) is 0.415. The highest BCUT2D eigenvalue weighted by Gasteiger charge is 2.11. The Balaban J connectivity index is 1.70. The van der Waals surface area contributed by atoms with Crippen molar-refractivity contribution in [3.05, 3.63) is 71.3 Å². The molecular formula is C25H28N2O3. The second-order valence-corrected chi connectivity index (χ2v) is 7.41. The highest BCUT2D eigenvalue weighted by molar-refractivity contribution is 6.02. The average Bonchev–Trinajstić information content (AvgIpc) is 2.73. The molecule has 0 radical (unpaired) electrons. The van der Waals surface area contributed by atoms with Gasteiger partial charge in [-0.25, -0.2) is 5.43 Å². The molecule has 0 spiro atoms. The molecule has 0 aliphatic heterocycles. The Morgan fingerprint density at radius 2 is 1.87 bits per heavy atom. The number of nitrogens with zero attached hydrogens (tertiary/aromatic N) is 1. The lowest BCUT2D eigenvalue weighted by atomic mass is 10.0. The summed E-state index contributed by atoms with van der Waals surface area (Å²) in [5.41, 5.74) is 5.55. The van der Waals surface area contributed by atoms with Gasteiger partial charge in [0.2, 0.25) is 0 Å². The number of hydrogen-bond donors (Lipinski definition) is 1. The molecule has 0 fully saturated rings. The second kappa shape index (κ2) is 9.92. The minimum Gasteiger partial charge on any atom is -0.493 e. The number of amides is 1. The van der Waals surface area contributed by atoms with Gasteiger partial charge in [0.1, 0.15) is 11.5 Å². The molecule has 3 aromatic rings. The van der Waals surface area contributed by atoms with E-state index in [2.05, 4.69) is 24.4 Å². The number of hydrazone groups is 1. The first kappa shape index (κ1) is 21.4. The first-order chi connectivity index (χ1) is 14.5. The second-order valence-electron chi connectivity index (χ2n) is 7.41.